The molecule has 5 heteroatoms. The lowest BCUT2D eigenvalue weighted by atomic mass is 9.96. The summed E-state index contributed by atoms with van der Waals surface area (Å²) in [6, 6.07) is 6.42. The number of hydrogen-bond donors (Lipinski definition) is 1. The summed E-state index contributed by atoms with van der Waals surface area (Å²) in [5, 5.41) is 3.29. The average Bonchev–Trinajstić information content (AvgIpc) is 2.53. The molecule has 0 spiro atoms. The topological polar surface area (TPSA) is 35.6 Å². The van der Waals surface area contributed by atoms with Gasteiger partial charge in [-0.05, 0) is 57.7 Å². The van der Waals surface area contributed by atoms with Crippen molar-refractivity contribution in [3.63, 3.8) is 0 Å². The second kappa shape index (κ2) is 8.25. The van der Waals surface area contributed by atoms with Crippen LogP contribution >= 0.6 is 0 Å². The van der Waals surface area contributed by atoms with E-state index in [2.05, 4.69) is 10.2 Å². The summed E-state index contributed by atoms with van der Waals surface area (Å²) in [5.41, 5.74) is 0.974. The van der Waals surface area contributed by atoms with Gasteiger partial charge in [0, 0.05) is 25.6 Å². The third-order valence-corrected chi connectivity index (χ3v) is 4.10. The van der Waals surface area contributed by atoms with Crippen molar-refractivity contribution in [1.82, 2.24) is 15.1 Å². The van der Waals surface area contributed by atoms with Gasteiger partial charge in [0.2, 0.25) is 5.91 Å². The zero-order chi connectivity index (χ0) is 15.9. The number of likely N-dealkylation sites (N-methyl/N-ethyl adjacent to an activating group) is 1. The van der Waals surface area contributed by atoms with Gasteiger partial charge in [-0.3, -0.25) is 4.79 Å². The monoisotopic (exact) mass is 307 g/mol. The molecular weight excluding hydrogens is 281 g/mol. The van der Waals surface area contributed by atoms with Crippen LogP contribution in [-0.4, -0.2) is 56.0 Å². The molecule has 0 unspecified atom stereocenters. The zero-order valence-corrected chi connectivity index (χ0v) is 13.5. The second-order valence-corrected chi connectivity index (χ2v) is 6.21. The summed E-state index contributed by atoms with van der Waals surface area (Å²) in [5.74, 6) is 0.102. The van der Waals surface area contributed by atoms with E-state index in [-0.39, 0.29) is 17.6 Å². The van der Waals surface area contributed by atoms with Gasteiger partial charge in [0.1, 0.15) is 5.82 Å². The van der Waals surface area contributed by atoms with Crippen molar-refractivity contribution in [2.45, 2.75) is 19.4 Å². The third-order valence-electron chi connectivity index (χ3n) is 4.10. The fourth-order valence-electron chi connectivity index (χ4n) is 2.73. The van der Waals surface area contributed by atoms with E-state index in [0.29, 0.717) is 13.1 Å². The van der Waals surface area contributed by atoms with E-state index >= 15 is 0 Å². The Bertz CT molecular complexity index is 469. The summed E-state index contributed by atoms with van der Waals surface area (Å²) in [7, 11) is 4.01. The molecule has 122 valence electrons. The van der Waals surface area contributed by atoms with Crippen molar-refractivity contribution in [1.29, 1.82) is 0 Å². The van der Waals surface area contributed by atoms with E-state index in [1.807, 2.05) is 19.0 Å². The highest BCUT2D eigenvalue weighted by Gasteiger charge is 2.25. The highest BCUT2D eigenvalue weighted by molar-refractivity contribution is 5.79. The van der Waals surface area contributed by atoms with Crippen molar-refractivity contribution in [3.05, 3.63) is 35.6 Å². The Morgan fingerprint density at radius 1 is 1.18 bits per heavy atom. The van der Waals surface area contributed by atoms with E-state index in [0.717, 1.165) is 38.0 Å². The Morgan fingerprint density at radius 2 is 1.82 bits per heavy atom. The Labute approximate surface area is 132 Å². The number of nitrogens with one attached hydrogen (secondary N) is 1. The number of carbonyl (C=O) groups is 1. The van der Waals surface area contributed by atoms with Crippen LogP contribution in [0.25, 0.3) is 0 Å². The maximum atomic E-state index is 13.0. The van der Waals surface area contributed by atoms with Crippen LogP contribution in [0.4, 0.5) is 4.39 Å². The first-order chi connectivity index (χ1) is 10.6. The summed E-state index contributed by atoms with van der Waals surface area (Å²) >= 11 is 0. The fourth-order valence-corrected chi connectivity index (χ4v) is 2.73. The molecular formula is C17H26FN3O. The van der Waals surface area contributed by atoms with Crippen molar-refractivity contribution in [3.8, 4) is 0 Å². The standard InChI is InChI=1S/C17H26FN3O/c1-20(2)11-12-21(13-14-3-5-16(18)6-4-14)17(22)15-7-9-19-10-8-15/h3-6,15,19H,7-13H2,1-2H3. The summed E-state index contributed by atoms with van der Waals surface area (Å²) in [6.07, 6.45) is 1.81. The lowest BCUT2D eigenvalue weighted by Gasteiger charge is -2.30. The molecule has 0 radical (unpaired) electrons. The molecule has 0 bridgehead atoms. The Morgan fingerprint density at radius 3 is 2.41 bits per heavy atom. The summed E-state index contributed by atoms with van der Waals surface area (Å²) in [6.45, 7) is 3.91. The molecule has 1 amide bonds. The van der Waals surface area contributed by atoms with Gasteiger partial charge in [0.05, 0.1) is 0 Å². The van der Waals surface area contributed by atoms with Crippen LogP contribution in [0.5, 0.6) is 0 Å². The smallest absolute Gasteiger partial charge is 0.226 e. The van der Waals surface area contributed by atoms with Crippen molar-refractivity contribution in [2.24, 2.45) is 5.92 Å². The number of amides is 1. The van der Waals surface area contributed by atoms with Gasteiger partial charge in [-0.15, -0.1) is 0 Å². The van der Waals surface area contributed by atoms with Gasteiger partial charge in [0.25, 0.3) is 0 Å². The van der Waals surface area contributed by atoms with E-state index in [4.69, 9.17) is 0 Å². The molecule has 2 rings (SSSR count). The third kappa shape index (κ3) is 5.07. The maximum Gasteiger partial charge on any atom is 0.226 e. The molecule has 1 saturated heterocycles. The summed E-state index contributed by atoms with van der Waals surface area (Å²) < 4.78 is 13.0. The number of nitrogens with zero attached hydrogens (tertiary/aromatic N) is 2. The largest absolute Gasteiger partial charge is 0.337 e. The predicted octanol–water partition coefficient (Wildman–Crippen LogP) is 1.72. The highest BCUT2D eigenvalue weighted by atomic mass is 19.1. The molecule has 22 heavy (non-hydrogen) atoms. The van der Waals surface area contributed by atoms with Crippen molar-refractivity contribution in [2.75, 3.05) is 40.3 Å². The molecule has 0 atom stereocenters. The van der Waals surface area contributed by atoms with Crippen LogP contribution in [0.2, 0.25) is 0 Å². The quantitative estimate of drug-likeness (QED) is 0.869. The first kappa shape index (κ1) is 16.9. The number of carbonyl (C=O) groups excluding carboxylic acids is 1. The molecule has 1 aliphatic heterocycles. The van der Waals surface area contributed by atoms with Crippen molar-refractivity contribution < 1.29 is 9.18 Å². The van der Waals surface area contributed by atoms with Gasteiger partial charge in [0.15, 0.2) is 0 Å². The molecule has 0 aliphatic carbocycles. The predicted molar refractivity (Wildman–Crippen MR) is 86.0 cm³/mol. The Hall–Kier alpha value is -1.46. The minimum Gasteiger partial charge on any atom is -0.337 e. The maximum absolute atomic E-state index is 13.0. The van der Waals surface area contributed by atoms with Gasteiger partial charge >= 0.3 is 0 Å². The number of piperidine rings is 1. The van der Waals surface area contributed by atoms with Crippen LogP contribution in [0.3, 0.4) is 0 Å². The van der Waals surface area contributed by atoms with Crippen molar-refractivity contribution >= 4 is 5.91 Å². The molecule has 1 fully saturated rings. The first-order valence-corrected chi connectivity index (χ1v) is 7.95. The molecule has 1 aromatic carbocycles. The number of rotatable bonds is 6. The van der Waals surface area contributed by atoms with Crippen LogP contribution in [0, 0.1) is 11.7 Å². The van der Waals surface area contributed by atoms with E-state index in [1.54, 1.807) is 12.1 Å². The lowest BCUT2D eigenvalue weighted by molar-refractivity contribution is -0.137. The fraction of sp³-hybridized carbons (Fsp3) is 0.588. The molecule has 1 N–H and O–H groups in total. The number of halogens is 1. The first-order valence-electron chi connectivity index (χ1n) is 7.95. The Balaban J connectivity index is 2.03. The summed E-state index contributed by atoms with van der Waals surface area (Å²) in [4.78, 5) is 16.8. The van der Waals surface area contributed by atoms with Gasteiger partial charge in [-0.25, -0.2) is 4.39 Å². The normalized spacial score (nSPS) is 16.0. The van der Waals surface area contributed by atoms with E-state index in [1.165, 1.54) is 12.1 Å². The molecule has 1 aromatic rings. The van der Waals surface area contributed by atoms with Gasteiger partial charge < -0.3 is 15.1 Å². The van der Waals surface area contributed by atoms with Gasteiger partial charge in [-0.1, -0.05) is 12.1 Å². The minimum absolute atomic E-state index is 0.115. The van der Waals surface area contributed by atoms with Crippen LogP contribution in [0.15, 0.2) is 24.3 Å². The minimum atomic E-state index is -0.242. The SMILES string of the molecule is CN(C)CCN(Cc1ccc(F)cc1)C(=O)C1CCNCC1. The zero-order valence-electron chi connectivity index (χ0n) is 13.5. The van der Waals surface area contributed by atoms with Gasteiger partial charge in [-0.2, -0.15) is 0 Å². The molecule has 1 heterocycles. The lowest BCUT2D eigenvalue weighted by Crippen LogP contribution is -2.43. The molecule has 1 aliphatic rings. The van der Waals surface area contributed by atoms with E-state index in [9.17, 15) is 9.18 Å². The highest BCUT2D eigenvalue weighted by Crippen LogP contribution is 2.17. The number of hydrogen-bond acceptors (Lipinski definition) is 3. The second-order valence-electron chi connectivity index (χ2n) is 6.21. The molecule has 4 nitrogen and oxygen atoms in total. The molecule has 0 saturated carbocycles. The van der Waals surface area contributed by atoms with Crippen LogP contribution < -0.4 is 5.32 Å². The average molecular weight is 307 g/mol. The molecule has 0 aromatic heterocycles. The van der Waals surface area contributed by atoms with E-state index < -0.39 is 0 Å². The van der Waals surface area contributed by atoms with Crippen LogP contribution in [0.1, 0.15) is 18.4 Å². The van der Waals surface area contributed by atoms with Crippen LogP contribution in [-0.2, 0) is 11.3 Å². The Kier molecular flexibility index (Phi) is 6.34. The number of benzene rings is 1.